The molecule has 3 N–H and O–H groups in total. The molecular formula is C13H18FN3S. The number of nitrogens with one attached hydrogen (secondary N) is 1. The number of hydrogen-bond acceptors (Lipinski definition) is 3. The van der Waals surface area contributed by atoms with Crippen LogP contribution in [0, 0.1) is 5.82 Å². The highest BCUT2D eigenvalue weighted by Crippen LogP contribution is 2.21. The summed E-state index contributed by atoms with van der Waals surface area (Å²) in [6.45, 7) is 2.14. The molecule has 0 saturated carbocycles. The molecule has 5 heteroatoms. The molecule has 98 valence electrons. The van der Waals surface area contributed by atoms with Crippen LogP contribution in [-0.2, 0) is 0 Å². The van der Waals surface area contributed by atoms with Crippen LogP contribution in [0.15, 0.2) is 18.2 Å². The quantitative estimate of drug-likeness (QED) is 0.822. The molecule has 1 aliphatic heterocycles. The highest BCUT2D eigenvalue weighted by atomic mass is 32.1. The normalized spacial score (nSPS) is 17.7. The summed E-state index contributed by atoms with van der Waals surface area (Å²) >= 11 is 4.96. The van der Waals surface area contributed by atoms with Crippen LogP contribution in [0.2, 0.25) is 0 Å². The Balaban J connectivity index is 2.11. The Kier molecular flexibility index (Phi) is 4.14. The molecule has 0 atom stereocenters. The maximum absolute atomic E-state index is 13.2. The monoisotopic (exact) mass is 267 g/mol. The minimum absolute atomic E-state index is 0.227. The van der Waals surface area contributed by atoms with Gasteiger partial charge >= 0.3 is 0 Å². The van der Waals surface area contributed by atoms with Crippen molar-refractivity contribution in [2.75, 3.05) is 25.5 Å². The van der Waals surface area contributed by atoms with Gasteiger partial charge in [0, 0.05) is 17.3 Å². The van der Waals surface area contributed by atoms with Crippen LogP contribution in [0.4, 0.5) is 10.1 Å². The Morgan fingerprint density at radius 2 is 2.11 bits per heavy atom. The second-order valence-electron chi connectivity index (χ2n) is 4.78. The van der Waals surface area contributed by atoms with Crippen molar-refractivity contribution in [3.8, 4) is 0 Å². The lowest BCUT2D eigenvalue weighted by Crippen LogP contribution is -2.37. The molecule has 0 aromatic heterocycles. The fourth-order valence-electron chi connectivity index (χ4n) is 2.22. The third kappa shape index (κ3) is 3.17. The maximum atomic E-state index is 13.2. The van der Waals surface area contributed by atoms with Gasteiger partial charge in [0.05, 0.1) is 0 Å². The van der Waals surface area contributed by atoms with E-state index in [2.05, 4.69) is 17.3 Å². The average Bonchev–Trinajstić information content (AvgIpc) is 2.34. The zero-order valence-electron chi connectivity index (χ0n) is 10.4. The highest BCUT2D eigenvalue weighted by Gasteiger charge is 2.18. The van der Waals surface area contributed by atoms with E-state index in [9.17, 15) is 4.39 Å². The van der Waals surface area contributed by atoms with E-state index in [1.807, 2.05) is 0 Å². The van der Waals surface area contributed by atoms with Gasteiger partial charge in [0.1, 0.15) is 10.8 Å². The molecule has 0 amide bonds. The van der Waals surface area contributed by atoms with Gasteiger partial charge < -0.3 is 16.0 Å². The molecule has 1 saturated heterocycles. The van der Waals surface area contributed by atoms with Crippen LogP contribution >= 0.6 is 12.2 Å². The molecular weight excluding hydrogens is 249 g/mol. The molecule has 3 nitrogen and oxygen atoms in total. The van der Waals surface area contributed by atoms with E-state index in [0.717, 1.165) is 31.6 Å². The molecule has 1 aromatic rings. The van der Waals surface area contributed by atoms with E-state index in [1.54, 1.807) is 6.07 Å². The summed E-state index contributed by atoms with van der Waals surface area (Å²) in [7, 11) is 2.12. The van der Waals surface area contributed by atoms with Crippen molar-refractivity contribution < 1.29 is 4.39 Å². The number of hydrogen-bond donors (Lipinski definition) is 2. The van der Waals surface area contributed by atoms with Gasteiger partial charge in [-0.3, -0.25) is 0 Å². The number of anilines is 1. The van der Waals surface area contributed by atoms with Gasteiger partial charge in [-0.1, -0.05) is 12.2 Å². The molecule has 1 heterocycles. The van der Waals surface area contributed by atoms with Crippen molar-refractivity contribution in [1.29, 1.82) is 0 Å². The van der Waals surface area contributed by atoms with Crippen molar-refractivity contribution in [3.05, 3.63) is 29.6 Å². The van der Waals surface area contributed by atoms with Crippen LogP contribution in [0.3, 0.4) is 0 Å². The predicted octanol–water partition coefficient (Wildman–Crippen LogP) is 1.97. The molecule has 0 radical (unpaired) electrons. The standard InChI is InChI=1S/C13H18FN3S/c1-17-6-4-10(5-7-17)16-12-3-2-9(14)8-11(12)13(15)18/h2-3,8,10,16H,4-7H2,1H3,(H2,15,18). The Bertz CT molecular complexity index is 442. The number of piperidine rings is 1. The van der Waals surface area contributed by atoms with Gasteiger partial charge in [0.25, 0.3) is 0 Å². The van der Waals surface area contributed by atoms with Gasteiger partial charge in [0.15, 0.2) is 0 Å². The minimum atomic E-state index is -0.313. The van der Waals surface area contributed by atoms with Crippen molar-refractivity contribution in [3.63, 3.8) is 0 Å². The molecule has 2 rings (SSSR count). The Morgan fingerprint density at radius 3 is 2.72 bits per heavy atom. The minimum Gasteiger partial charge on any atom is -0.389 e. The first kappa shape index (κ1) is 13.2. The van der Waals surface area contributed by atoms with Gasteiger partial charge in [0.2, 0.25) is 0 Å². The smallest absolute Gasteiger partial charge is 0.124 e. The van der Waals surface area contributed by atoms with E-state index in [1.165, 1.54) is 12.1 Å². The maximum Gasteiger partial charge on any atom is 0.124 e. The van der Waals surface area contributed by atoms with Gasteiger partial charge in [-0.15, -0.1) is 0 Å². The first-order valence-corrected chi connectivity index (χ1v) is 6.51. The van der Waals surface area contributed by atoms with Gasteiger partial charge in [-0.05, 0) is 51.2 Å². The van der Waals surface area contributed by atoms with Crippen LogP contribution in [0.1, 0.15) is 18.4 Å². The molecule has 0 spiro atoms. The van der Waals surface area contributed by atoms with E-state index < -0.39 is 0 Å². The lowest BCUT2D eigenvalue weighted by Gasteiger charge is -2.30. The second kappa shape index (κ2) is 5.63. The lowest BCUT2D eigenvalue weighted by molar-refractivity contribution is 0.264. The van der Waals surface area contributed by atoms with Crippen molar-refractivity contribution >= 4 is 22.9 Å². The second-order valence-corrected chi connectivity index (χ2v) is 5.22. The molecule has 0 aliphatic carbocycles. The number of rotatable bonds is 3. The molecule has 0 bridgehead atoms. The molecule has 18 heavy (non-hydrogen) atoms. The summed E-state index contributed by atoms with van der Waals surface area (Å²) in [4.78, 5) is 2.53. The summed E-state index contributed by atoms with van der Waals surface area (Å²) in [6, 6.07) is 4.93. The summed E-state index contributed by atoms with van der Waals surface area (Å²) in [5.41, 5.74) is 7.05. The van der Waals surface area contributed by atoms with Crippen molar-refractivity contribution in [2.24, 2.45) is 5.73 Å². The number of likely N-dealkylation sites (tertiary alicyclic amines) is 1. The number of nitrogens with zero attached hydrogens (tertiary/aromatic N) is 1. The first-order valence-electron chi connectivity index (χ1n) is 6.10. The van der Waals surface area contributed by atoms with Gasteiger partial charge in [-0.2, -0.15) is 0 Å². The third-order valence-electron chi connectivity index (χ3n) is 3.33. The Hall–Kier alpha value is -1.20. The van der Waals surface area contributed by atoms with E-state index in [-0.39, 0.29) is 10.8 Å². The van der Waals surface area contributed by atoms with Crippen molar-refractivity contribution in [1.82, 2.24) is 4.90 Å². The van der Waals surface area contributed by atoms with Crippen LogP contribution in [-0.4, -0.2) is 36.1 Å². The Labute approximate surface area is 112 Å². The topological polar surface area (TPSA) is 41.3 Å². The summed E-state index contributed by atoms with van der Waals surface area (Å²) < 4.78 is 13.2. The van der Waals surface area contributed by atoms with E-state index >= 15 is 0 Å². The van der Waals surface area contributed by atoms with Crippen LogP contribution < -0.4 is 11.1 Å². The van der Waals surface area contributed by atoms with Crippen LogP contribution in [0.25, 0.3) is 0 Å². The van der Waals surface area contributed by atoms with Gasteiger partial charge in [-0.25, -0.2) is 4.39 Å². The molecule has 1 aliphatic rings. The SMILES string of the molecule is CN1CCC(Nc2ccc(F)cc2C(N)=S)CC1. The molecule has 1 fully saturated rings. The number of benzene rings is 1. The first-order chi connectivity index (χ1) is 8.56. The highest BCUT2D eigenvalue weighted by molar-refractivity contribution is 7.80. The number of thiocarbonyl (C=S) groups is 1. The van der Waals surface area contributed by atoms with E-state index in [0.29, 0.717) is 11.6 Å². The number of halogens is 1. The molecule has 0 unspecified atom stereocenters. The summed E-state index contributed by atoms with van der Waals surface area (Å²) in [5.74, 6) is -0.313. The van der Waals surface area contributed by atoms with Crippen molar-refractivity contribution in [2.45, 2.75) is 18.9 Å². The molecule has 1 aromatic carbocycles. The largest absolute Gasteiger partial charge is 0.389 e. The lowest BCUT2D eigenvalue weighted by atomic mass is 10.0. The van der Waals surface area contributed by atoms with E-state index in [4.69, 9.17) is 18.0 Å². The summed E-state index contributed by atoms with van der Waals surface area (Å²) in [6.07, 6.45) is 2.15. The zero-order valence-corrected chi connectivity index (χ0v) is 11.3. The number of nitrogens with two attached hydrogens (primary N) is 1. The third-order valence-corrected chi connectivity index (χ3v) is 3.55. The Morgan fingerprint density at radius 1 is 1.44 bits per heavy atom. The fourth-order valence-corrected chi connectivity index (χ4v) is 2.39. The average molecular weight is 267 g/mol. The zero-order chi connectivity index (χ0) is 13.1. The fraction of sp³-hybridized carbons (Fsp3) is 0.462. The van der Waals surface area contributed by atoms with Crippen LogP contribution in [0.5, 0.6) is 0 Å². The summed E-state index contributed by atoms with van der Waals surface area (Å²) in [5, 5.41) is 3.42. The predicted molar refractivity (Wildman–Crippen MR) is 76.4 cm³/mol.